The number of methoxy groups -OCH3 is 1. The van der Waals surface area contributed by atoms with Crippen LogP contribution in [0, 0.1) is 23.2 Å². The Hall–Kier alpha value is -2.98. The van der Waals surface area contributed by atoms with Crippen LogP contribution >= 0.6 is 0 Å². The van der Waals surface area contributed by atoms with Crippen molar-refractivity contribution in [2.75, 3.05) is 7.11 Å². The quantitative estimate of drug-likeness (QED) is 0.429. The summed E-state index contributed by atoms with van der Waals surface area (Å²) >= 11 is 0. The summed E-state index contributed by atoms with van der Waals surface area (Å²) in [5.74, 6) is 1.22. The van der Waals surface area contributed by atoms with Gasteiger partial charge in [-0.2, -0.15) is 0 Å². The molecule has 4 fully saturated rings. The van der Waals surface area contributed by atoms with Gasteiger partial charge in [-0.15, -0.1) is 0 Å². The molecule has 1 aliphatic heterocycles. The summed E-state index contributed by atoms with van der Waals surface area (Å²) < 4.78 is 18.5. The highest BCUT2D eigenvalue weighted by Gasteiger charge is 2.68. The lowest BCUT2D eigenvalue weighted by molar-refractivity contribution is -0.199. The summed E-state index contributed by atoms with van der Waals surface area (Å²) in [6.07, 6.45) is 7.34. The summed E-state index contributed by atoms with van der Waals surface area (Å²) in [4.78, 5) is 34.6. The number of nitrogens with zero attached hydrogens (tertiary/aromatic N) is 2. The average molecular weight is 548 g/mol. The third-order valence-corrected chi connectivity index (χ3v) is 9.38. The van der Waals surface area contributed by atoms with Crippen LogP contribution in [-0.4, -0.2) is 53.7 Å². The van der Waals surface area contributed by atoms with Crippen LogP contribution < -0.4 is 15.4 Å². The van der Waals surface area contributed by atoms with Gasteiger partial charge < -0.3 is 24.7 Å². The van der Waals surface area contributed by atoms with E-state index < -0.39 is 19.1 Å². The molecule has 3 saturated carbocycles. The molecule has 9 nitrogen and oxygen atoms in total. The summed E-state index contributed by atoms with van der Waals surface area (Å²) in [6.45, 7) is 11.1. The maximum absolute atomic E-state index is 13.6. The van der Waals surface area contributed by atoms with E-state index in [4.69, 9.17) is 14.0 Å². The monoisotopic (exact) mass is 548 g/mol. The molecule has 1 saturated heterocycles. The number of rotatable bonds is 10. The minimum Gasteiger partial charge on any atom is -0.497 e. The SMILES string of the molecule is COc1ccc(C(CC(=O)N[C@@H](CC(C)C)B2O[C@@H]3C[C@H]4C[C@H](C4(C)C)[C@]3(C)O2)NC(=O)c2cnccn2)cc1. The summed E-state index contributed by atoms with van der Waals surface area (Å²) in [7, 11) is 1.09. The van der Waals surface area contributed by atoms with Crippen molar-refractivity contribution < 1.29 is 23.6 Å². The van der Waals surface area contributed by atoms with Crippen molar-refractivity contribution in [3.05, 3.63) is 54.1 Å². The number of hydrogen-bond acceptors (Lipinski definition) is 7. The summed E-state index contributed by atoms with van der Waals surface area (Å²) in [6, 6.07) is 6.74. The molecule has 10 heteroatoms. The smallest absolute Gasteiger partial charge is 0.481 e. The van der Waals surface area contributed by atoms with Crippen LogP contribution in [0.15, 0.2) is 42.9 Å². The van der Waals surface area contributed by atoms with Gasteiger partial charge in [0.15, 0.2) is 0 Å². The fraction of sp³-hybridized carbons (Fsp3) is 0.600. The lowest BCUT2D eigenvalue weighted by Crippen LogP contribution is -2.65. The Morgan fingerprint density at radius 1 is 1.12 bits per heavy atom. The molecule has 3 aliphatic carbocycles. The van der Waals surface area contributed by atoms with Crippen LogP contribution in [-0.2, 0) is 14.1 Å². The van der Waals surface area contributed by atoms with Crippen LogP contribution in [0.25, 0.3) is 0 Å². The molecule has 4 aliphatic rings. The Morgan fingerprint density at radius 3 is 2.50 bits per heavy atom. The molecule has 1 unspecified atom stereocenters. The number of benzene rings is 1. The van der Waals surface area contributed by atoms with Crippen LogP contribution in [0.1, 0.15) is 82.4 Å². The lowest BCUT2D eigenvalue weighted by Gasteiger charge is -2.64. The van der Waals surface area contributed by atoms with Gasteiger partial charge in [-0.25, -0.2) is 4.98 Å². The third kappa shape index (κ3) is 5.48. The normalized spacial score (nSPS) is 27.8. The second-order valence-corrected chi connectivity index (χ2v) is 12.7. The topological polar surface area (TPSA) is 112 Å². The minimum absolute atomic E-state index is 0.0398. The predicted molar refractivity (Wildman–Crippen MR) is 151 cm³/mol. The lowest BCUT2D eigenvalue weighted by atomic mass is 9.43. The first-order valence-corrected chi connectivity index (χ1v) is 14.3. The predicted octanol–water partition coefficient (Wildman–Crippen LogP) is 4.14. The molecule has 2 N–H and O–H groups in total. The zero-order valence-electron chi connectivity index (χ0n) is 24.3. The fourth-order valence-electron chi connectivity index (χ4n) is 7.01. The van der Waals surface area contributed by atoms with Crippen molar-refractivity contribution in [3.8, 4) is 5.75 Å². The number of aromatic nitrogens is 2. The molecule has 2 heterocycles. The third-order valence-electron chi connectivity index (χ3n) is 9.38. The number of carbonyl (C=O) groups is 2. The van der Waals surface area contributed by atoms with Crippen molar-refractivity contribution in [2.45, 2.75) is 84.0 Å². The highest BCUT2D eigenvalue weighted by molar-refractivity contribution is 6.47. The molecule has 0 radical (unpaired) electrons. The zero-order valence-corrected chi connectivity index (χ0v) is 24.3. The Bertz CT molecular complexity index is 1210. The Morgan fingerprint density at radius 2 is 1.88 bits per heavy atom. The van der Waals surface area contributed by atoms with Crippen LogP contribution in [0.5, 0.6) is 5.75 Å². The molecule has 214 valence electrons. The van der Waals surface area contributed by atoms with Crippen molar-refractivity contribution in [1.29, 1.82) is 0 Å². The first kappa shape index (κ1) is 28.5. The van der Waals surface area contributed by atoms with Gasteiger partial charge in [0.1, 0.15) is 11.4 Å². The van der Waals surface area contributed by atoms with Gasteiger partial charge in [-0.05, 0) is 67.1 Å². The van der Waals surface area contributed by atoms with Gasteiger partial charge in [0.2, 0.25) is 5.91 Å². The van der Waals surface area contributed by atoms with E-state index in [1.807, 2.05) is 24.3 Å². The van der Waals surface area contributed by atoms with Crippen molar-refractivity contribution >= 4 is 18.9 Å². The molecular weight excluding hydrogens is 507 g/mol. The van der Waals surface area contributed by atoms with Crippen molar-refractivity contribution in [3.63, 3.8) is 0 Å². The van der Waals surface area contributed by atoms with E-state index in [9.17, 15) is 9.59 Å². The molecule has 40 heavy (non-hydrogen) atoms. The van der Waals surface area contributed by atoms with Gasteiger partial charge in [0.05, 0.1) is 43.4 Å². The zero-order chi connectivity index (χ0) is 28.7. The first-order chi connectivity index (χ1) is 19.0. The first-order valence-electron chi connectivity index (χ1n) is 14.3. The average Bonchev–Trinajstić information content (AvgIpc) is 3.30. The van der Waals surface area contributed by atoms with E-state index in [1.54, 1.807) is 7.11 Å². The molecular formula is C30H41BN4O5. The molecule has 6 atom stereocenters. The minimum atomic E-state index is -0.585. The van der Waals surface area contributed by atoms with Gasteiger partial charge in [0, 0.05) is 12.4 Å². The number of carbonyl (C=O) groups excluding carboxylic acids is 2. The number of amides is 2. The van der Waals surface area contributed by atoms with Gasteiger partial charge in [0.25, 0.3) is 5.91 Å². The van der Waals surface area contributed by atoms with Crippen LogP contribution in [0.4, 0.5) is 0 Å². The second kappa shape index (κ2) is 11.1. The van der Waals surface area contributed by atoms with E-state index in [0.717, 1.165) is 18.4 Å². The van der Waals surface area contributed by atoms with E-state index in [-0.39, 0.29) is 41.1 Å². The number of ether oxygens (including phenoxy) is 1. The maximum Gasteiger partial charge on any atom is 0.481 e. The molecule has 1 aromatic heterocycles. The highest BCUT2D eigenvalue weighted by atomic mass is 16.7. The number of hydrogen-bond donors (Lipinski definition) is 2. The maximum atomic E-state index is 13.6. The summed E-state index contributed by atoms with van der Waals surface area (Å²) in [5, 5.41) is 6.17. The Labute approximate surface area is 237 Å². The van der Waals surface area contributed by atoms with Gasteiger partial charge >= 0.3 is 7.12 Å². The molecule has 6 rings (SSSR count). The fourth-order valence-corrected chi connectivity index (χ4v) is 7.01. The number of nitrogens with one attached hydrogen (secondary N) is 2. The molecule has 1 aromatic carbocycles. The van der Waals surface area contributed by atoms with E-state index in [2.05, 4.69) is 55.2 Å². The summed E-state index contributed by atoms with van der Waals surface area (Å²) in [5.41, 5.74) is 0.860. The Kier molecular flexibility index (Phi) is 7.94. The van der Waals surface area contributed by atoms with Crippen LogP contribution in [0.3, 0.4) is 0 Å². The van der Waals surface area contributed by atoms with E-state index in [0.29, 0.717) is 23.5 Å². The molecule has 0 spiro atoms. The van der Waals surface area contributed by atoms with E-state index >= 15 is 0 Å². The van der Waals surface area contributed by atoms with Crippen molar-refractivity contribution in [1.82, 2.24) is 20.6 Å². The largest absolute Gasteiger partial charge is 0.497 e. The standard InChI is InChI=1S/C30H41BN4O5/c1-18(2)13-26(31-39-25-15-20-14-24(29(20,3)4)30(25,5)40-31)35-27(36)16-22(19-7-9-21(38-6)10-8-19)34-28(37)23-17-32-11-12-33-23/h7-12,17-18,20,22,24-26H,13-16H2,1-6H3,(H,34,37)(H,35,36)/t20-,22?,24-,25-,26+,30+/m1/s1. The molecule has 2 amide bonds. The molecule has 2 bridgehead atoms. The Balaban J connectivity index is 1.31. The van der Waals surface area contributed by atoms with Crippen LogP contribution in [0.2, 0.25) is 0 Å². The highest BCUT2D eigenvalue weighted by Crippen LogP contribution is 2.65. The van der Waals surface area contributed by atoms with Gasteiger partial charge in [-0.3, -0.25) is 14.6 Å². The van der Waals surface area contributed by atoms with Gasteiger partial charge in [-0.1, -0.05) is 39.8 Å². The second-order valence-electron chi connectivity index (χ2n) is 12.7. The molecule has 2 aromatic rings. The van der Waals surface area contributed by atoms with E-state index in [1.165, 1.54) is 25.0 Å². The van der Waals surface area contributed by atoms with Crippen molar-refractivity contribution in [2.24, 2.45) is 23.2 Å².